The van der Waals surface area contributed by atoms with Crippen LogP contribution in [0.4, 0.5) is 5.82 Å². The molecule has 3 rings (SSSR count). The lowest BCUT2D eigenvalue weighted by Gasteiger charge is -2.18. The van der Waals surface area contributed by atoms with Gasteiger partial charge in [0.2, 0.25) is 5.91 Å². The van der Waals surface area contributed by atoms with Crippen LogP contribution in [-0.2, 0) is 4.79 Å². The van der Waals surface area contributed by atoms with Crippen LogP contribution >= 0.6 is 0 Å². The zero-order valence-corrected chi connectivity index (χ0v) is 10.0. The Bertz CT molecular complexity index is 561. The summed E-state index contributed by atoms with van der Waals surface area (Å²) in [5.74, 6) is -0.920. The second kappa shape index (κ2) is 3.73. The number of Topliss-reactive ketones (excluding diaryl/α,β-unsaturated/α-hetero) is 1. The predicted octanol–water partition coefficient (Wildman–Crippen LogP) is 1.27. The Kier molecular flexibility index (Phi) is 2.29. The molecule has 0 saturated heterocycles. The molecule has 1 unspecified atom stereocenters. The van der Waals surface area contributed by atoms with Crippen molar-refractivity contribution < 1.29 is 9.59 Å². The molecular formula is C13H13N3O2. The number of nitrogens with zero attached hydrogens (tertiary/aromatic N) is 2. The number of nitrogens with one attached hydrogen (secondary N) is 1. The van der Waals surface area contributed by atoms with E-state index in [1.54, 1.807) is 18.3 Å². The topological polar surface area (TPSA) is 71.4 Å². The SMILES string of the molecule is CC1(NC(=O)C2C=Nc3ncccc3C2=O)CC1. The third-order valence-electron chi connectivity index (χ3n) is 3.39. The van der Waals surface area contributed by atoms with E-state index < -0.39 is 5.92 Å². The molecule has 5 heteroatoms. The third kappa shape index (κ3) is 1.81. The van der Waals surface area contributed by atoms with E-state index in [9.17, 15) is 9.59 Å². The van der Waals surface area contributed by atoms with Gasteiger partial charge in [-0.3, -0.25) is 9.59 Å². The largest absolute Gasteiger partial charge is 0.350 e. The van der Waals surface area contributed by atoms with Gasteiger partial charge in [-0.1, -0.05) is 0 Å². The van der Waals surface area contributed by atoms with Crippen LogP contribution < -0.4 is 5.32 Å². The Hall–Kier alpha value is -2.04. The molecule has 2 aliphatic rings. The number of fused-ring (bicyclic) bond motifs is 1. The molecule has 0 radical (unpaired) electrons. The van der Waals surface area contributed by atoms with Gasteiger partial charge in [-0.25, -0.2) is 9.98 Å². The molecule has 1 aliphatic carbocycles. The Labute approximate surface area is 104 Å². The van der Waals surface area contributed by atoms with Crippen molar-refractivity contribution >= 4 is 23.7 Å². The van der Waals surface area contributed by atoms with E-state index in [0.29, 0.717) is 11.4 Å². The molecular weight excluding hydrogens is 230 g/mol. The molecule has 1 aromatic rings. The number of amides is 1. The maximum absolute atomic E-state index is 12.2. The summed E-state index contributed by atoms with van der Waals surface area (Å²) in [5.41, 5.74) is 0.293. The molecule has 1 amide bonds. The van der Waals surface area contributed by atoms with Crippen LogP contribution in [0.2, 0.25) is 0 Å². The molecule has 1 saturated carbocycles. The van der Waals surface area contributed by atoms with Crippen LogP contribution in [0.1, 0.15) is 30.1 Å². The summed E-state index contributed by atoms with van der Waals surface area (Å²) in [5, 5.41) is 2.89. The molecule has 1 N–H and O–H groups in total. The van der Waals surface area contributed by atoms with Gasteiger partial charge in [0.25, 0.3) is 0 Å². The fraction of sp³-hybridized carbons (Fsp3) is 0.385. The highest BCUT2D eigenvalue weighted by Crippen LogP contribution is 2.35. The first-order valence-electron chi connectivity index (χ1n) is 5.94. The van der Waals surface area contributed by atoms with Crippen molar-refractivity contribution in [3.05, 3.63) is 23.9 Å². The number of ketones is 1. The number of carbonyl (C=O) groups excluding carboxylic acids is 2. The standard InChI is InChI=1S/C13H13N3O2/c1-13(4-5-13)16-12(18)9-7-15-11-8(10(9)17)3-2-6-14-11/h2-3,6-7,9H,4-5H2,1H3,(H,16,18). The van der Waals surface area contributed by atoms with Gasteiger partial charge in [-0.05, 0) is 31.9 Å². The van der Waals surface area contributed by atoms with Crippen LogP contribution in [0.25, 0.3) is 0 Å². The Morgan fingerprint density at radius 3 is 3.00 bits per heavy atom. The van der Waals surface area contributed by atoms with E-state index in [1.165, 1.54) is 6.21 Å². The van der Waals surface area contributed by atoms with Gasteiger partial charge < -0.3 is 5.32 Å². The molecule has 5 nitrogen and oxygen atoms in total. The first kappa shape index (κ1) is 11.1. The second-order valence-corrected chi connectivity index (χ2v) is 5.04. The van der Waals surface area contributed by atoms with Gasteiger partial charge in [0.1, 0.15) is 5.92 Å². The number of aromatic nitrogens is 1. The minimum Gasteiger partial charge on any atom is -0.350 e. The summed E-state index contributed by atoms with van der Waals surface area (Å²) in [6.45, 7) is 1.98. The van der Waals surface area contributed by atoms with E-state index in [0.717, 1.165) is 12.8 Å². The van der Waals surface area contributed by atoms with E-state index in [2.05, 4.69) is 15.3 Å². The molecule has 92 valence electrons. The maximum Gasteiger partial charge on any atom is 0.236 e. The summed E-state index contributed by atoms with van der Waals surface area (Å²) in [4.78, 5) is 32.3. The van der Waals surface area contributed by atoms with Crippen molar-refractivity contribution in [2.45, 2.75) is 25.3 Å². The van der Waals surface area contributed by atoms with Gasteiger partial charge in [0.05, 0.1) is 5.56 Å². The van der Waals surface area contributed by atoms with E-state index in [4.69, 9.17) is 0 Å². The van der Waals surface area contributed by atoms with Crippen molar-refractivity contribution in [2.75, 3.05) is 0 Å². The first-order valence-corrected chi connectivity index (χ1v) is 5.94. The average Bonchev–Trinajstić information content (AvgIpc) is 3.07. The molecule has 1 aliphatic heterocycles. The summed E-state index contributed by atoms with van der Waals surface area (Å²) in [6, 6.07) is 3.33. The molecule has 0 bridgehead atoms. The van der Waals surface area contributed by atoms with Gasteiger partial charge in [-0.2, -0.15) is 0 Å². The van der Waals surface area contributed by atoms with Gasteiger partial charge >= 0.3 is 0 Å². The summed E-state index contributed by atoms with van der Waals surface area (Å²) >= 11 is 0. The first-order chi connectivity index (χ1) is 8.59. The third-order valence-corrected chi connectivity index (χ3v) is 3.39. The maximum atomic E-state index is 12.2. The normalized spacial score (nSPS) is 23.4. The lowest BCUT2D eigenvalue weighted by atomic mass is 9.95. The highest BCUT2D eigenvalue weighted by Gasteiger charge is 2.41. The molecule has 2 heterocycles. The van der Waals surface area contributed by atoms with Crippen molar-refractivity contribution in [3.63, 3.8) is 0 Å². The van der Waals surface area contributed by atoms with Crippen molar-refractivity contribution in [1.29, 1.82) is 0 Å². The Morgan fingerprint density at radius 2 is 2.28 bits per heavy atom. The molecule has 1 fully saturated rings. The second-order valence-electron chi connectivity index (χ2n) is 5.04. The van der Waals surface area contributed by atoms with Crippen LogP contribution in [0.5, 0.6) is 0 Å². The number of hydrogen-bond donors (Lipinski definition) is 1. The monoisotopic (exact) mass is 243 g/mol. The van der Waals surface area contributed by atoms with Crippen LogP contribution in [-0.4, -0.2) is 28.4 Å². The minimum atomic E-state index is -0.820. The number of pyridine rings is 1. The zero-order valence-electron chi connectivity index (χ0n) is 10.0. The quantitative estimate of drug-likeness (QED) is 0.795. The average molecular weight is 243 g/mol. The zero-order chi connectivity index (χ0) is 12.8. The van der Waals surface area contributed by atoms with Crippen molar-refractivity contribution in [3.8, 4) is 0 Å². The van der Waals surface area contributed by atoms with Gasteiger partial charge in [-0.15, -0.1) is 0 Å². The number of aliphatic imine (C=N–C) groups is 1. The summed E-state index contributed by atoms with van der Waals surface area (Å²) < 4.78 is 0. The summed E-state index contributed by atoms with van der Waals surface area (Å²) in [7, 11) is 0. The highest BCUT2D eigenvalue weighted by atomic mass is 16.2. The Balaban J connectivity index is 1.84. The van der Waals surface area contributed by atoms with Gasteiger partial charge in [0, 0.05) is 18.0 Å². The lowest BCUT2D eigenvalue weighted by Crippen LogP contribution is -2.43. The number of rotatable bonds is 2. The summed E-state index contributed by atoms with van der Waals surface area (Å²) in [6.07, 6.45) is 4.90. The lowest BCUT2D eigenvalue weighted by molar-refractivity contribution is -0.122. The highest BCUT2D eigenvalue weighted by molar-refractivity contribution is 6.23. The van der Waals surface area contributed by atoms with E-state index in [1.807, 2.05) is 6.92 Å². The van der Waals surface area contributed by atoms with Crippen LogP contribution in [0.3, 0.4) is 0 Å². The number of hydrogen-bond acceptors (Lipinski definition) is 4. The minimum absolute atomic E-state index is 0.125. The molecule has 18 heavy (non-hydrogen) atoms. The number of carbonyl (C=O) groups is 2. The van der Waals surface area contributed by atoms with Crippen molar-refractivity contribution in [1.82, 2.24) is 10.3 Å². The fourth-order valence-electron chi connectivity index (χ4n) is 1.95. The molecule has 0 aromatic carbocycles. The molecule has 1 atom stereocenters. The predicted molar refractivity (Wildman–Crippen MR) is 66.0 cm³/mol. The van der Waals surface area contributed by atoms with Crippen LogP contribution in [0, 0.1) is 5.92 Å². The van der Waals surface area contributed by atoms with E-state index in [-0.39, 0.29) is 17.2 Å². The molecule has 1 aromatic heterocycles. The van der Waals surface area contributed by atoms with Gasteiger partial charge in [0.15, 0.2) is 11.6 Å². The van der Waals surface area contributed by atoms with Crippen LogP contribution in [0.15, 0.2) is 23.3 Å². The molecule has 0 spiro atoms. The Morgan fingerprint density at radius 1 is 1.50 bits per heavy atom. The smallest absolute Gasteiger partial charge is 0.236 e. The van der Waals surface area contributed by atoms with Crippen molar-refractivity contribution in [2.24, 2.45) is 10.9 Å². The van der Waals surface area contributed by atoms with E-state index >= 15 is 0 Å². The fourth-order valence-corrected chi connectivity index (χ4v) is 1.95.